The quantitative estimate of drug-likeness (QED) is 0.756. The molecule has 1 unspecified atom stereocenters. The second kappa shape index (κ2) is 6.47. The Morgan fingerprint density at radius 3 is 3.05 bits per heavy atom. The number of nitrogens with zero attached hydrogens (tertiary/aromatic N) is 2. The summed E-state index contributed by atoms with van der Waals surface area (Å²) in [4.78, 5) is 6.86. The number of aliphatic hydroxyl groups excluding tert-OH is 1. The van der Waals surface area contributed by atoms with Gasteiger partial charge in [0.1, 0.15) is 0 Å². The van der Waals surface area contributed by atoms with Crippen LogP contribution in [0.4, 0.5) is 0 Å². The summed E-state index contributed by atoms with van der Waals surface area (Å²) in [5.41, 5.74) is 2.26. The maximum Gasteiger partial charge on any atom is 0.194 e. The van der Waals surface area contributed by atoms with E-state index in [0.717, 1.165) is 23.7 Å². The Labute approximate surface area is 117 Å². The Morgan fingerprint density at radius 2 is 2.32 bits per heavy atom. The minimum absolute atomic E-state index is 0.390. The molecular weight excluding hydrogens is 262 g/mol. The molecule has 0 spiro atoms. The predicted molar refractivity (Wildman–Crippen MR) is 76.7 cm³/mol. The molecule has 106 valence electrons. The topological polar surface area (TPSA) is 58.8 Å². The molecule has 0 aromatic carbocycles. The molecule has 0 amide bonds. The van der Waals surface area contributed by atoms with E-state index in [1.807, 2.05) is 6.92 Å². The molecule has 2 rings (SSSR count). The van der Waals surface area contributed by atoms with Crippen LogP contribution in [-0.4, -0.2) is 40.9 Å². The van der Waals surface area contributed by atoms with Gasteiger partial charge >= 0.3 is 0 Å². The Bertz CT molecular complexity index is 535. The number of nitrogens with one attached hydrogen (secondary N) is 1. The van der Waals surface area contributed by atoms with Crippen molar-refractivity contribution in [2.45, 2.75) is 32.9 Å². The Kier molecular flexibility index (Phi) is 4.93. The van der Waals surface area contributed by atoms with Crippen LogP contribution < -0.4 is 5.32 Å². The highest BCUT2D eigenvalue weighted by Crippen LogP contribution is 2.20. The first-order valence-electron chi connectivity index (χ1n) is 6.43. The van der Waals surface area contributed by atoms with Gasteiger partial charge in [0, 0.05) is 24.7 Å². The number of aromatic nitrogens is 2. The first-order valence-corrected chi connectivity index (χ1v) is 7.25. The second-order valence-electron chi connectivity index (χ2n) is 4.71. The van der Waals surface area contributed by atoms with Gasteiger partial charge in [-0.2, -0.15) is 0 Å². The maximum absolute atomic E-state index is 9.56. The number of rotatable bonds is 7. The van der Waals surface area contributed by atoms with Crippen LogP contribution in [0.15, 0.2) is 6.20 Å². The van der Waals surface area contributed by atoms with Crippen molar-refractivity contribution in [1.82, 2.24) is 14.7 Å². The van der Waals surface area contributed by atoms with Gasteiger partial charge in [0.2, 0.25) is 0 Å². The van der Waals surface area contributed by atoms with Gasteiger partial charge in [0.05, 0.1) is 24.1 Å². The second-order valence-corrected chi connectivity index (χ2v) is 5.93. The smallest absolute Gasteiger partial charge is 0.194 e. The maximum atomic E-state index is 9.56. The molecule has 2 aromatic heterocycles. The molecule has 2 aromatic rings. The summed E-state index contributed by atoms with van der Waals surface area (Å²) in [5.74, 6) is 0. The zero-order chi connectivity index (χ0) is 13.8. The van der Waals surface area contributed by atoms with Crippen molar-refractivity contribution < 1.29 is 9.84 Å². The molecule has 2 N–H and O–H groups in total. The van der Waals surface area contributed by atoms with Crippen LogP contribution in [-0.2, 0) is 11.3 Å². The van der Waals surface area contributed by atoms with Gasteiger partial charge in [-0.25, -0.2) is 4.98 Å². The largest absolute Gasteiger partial charge is 0.391 e. The number of aryl methyl sites for hydroxylation is 2. The molecule has 0 saturated heterocycles. The molecule has 6 heteroatoms. The van der Waals surface area contributed by atoms with Crippen molar-refractivity contribution in [3.63, 3.8) is 0 Å². The average molecular weight is 283 g/mol. The molecule has 2 heterocycles. The fraction of sp³-hybridized carbons (Fsp3) is 0.615. The summed E-state index contributed by atoms with van der Waals surface area (Å²) < 4.78 is 7.04. The highest BCUT2D eigenvalue weighted by molar-refractivity contribution is 7.17. The number of hydrogen-bond acceptors (Lipinski definition) is 5. The van der Waals surface area contributed by atoms with Crippen LogP contribution >= 0.6 is 11.3 Å². The molecule has 0 aliphatic rings. The lowest BCUT2D eigenvalue weighted by atomic mass is 10.2. The van der Waals surface area contributed by atoms with E-state index in [1.165, 1.54) is 10.6 Å². The van der Waals surface area contributed by atoms with Crippen molar-refractivity contribution in [3.8, 4) is 0 Å². The van der Waals surface area contributed by atoms with Crippen molar-refractivity contribution in [2.24, 2.45) is 0 Å². The fourth-order valence-corrected chi connectivity index (χ4v) is 2.96. The summed E-state index contributed by atoms with van der Waals surface area (Å²) in [5, 5.41) is 12.9. The zero-order valence-electron chi connectivity index (χ0n) is 11.6. The lowest BCUT2D eigenvalue weighted by Gasteiger charge is -2.10. The number of fused-ring (bicyclic) bond motifs is 1. The van der Waals surface area contributed by atoms with Crippen LogP contribution in [0.2, 0.25) is 0 Å². The predicted octanol–water partition coefficient (Wildman–Crippen LogP) is 1.50. The molecule has 19 heavy (non-hydrogen) atoms. The van der Waals surface area contributed by atoms with Crippen LogP contribution in [0.3, 0.4) is 0 Å². The zero-order valence-corrected chi connectivity index (χ0v) is 12.5. The third kappa shape index (κ3) is 3.54. The van der Waals surface area contributed by atoms with E-state index in [9.17, 15) is 5.11 Å². The molecule has 0 radical (unpaired) electrons. The molecule has 1 atom stereocenters. The summed E-state index contributed by atoms with van der Waals surface area (Å²) in [6.45, 7) is 6.05. The van der Waals surface area contributed by atoms with E-state index in [4.69, 9.17) is 4.74 Å². The van der Waals surface area contributed by atoms with Crippen molar-refractivity contribution in [3.05, 3.63) is 22.5 Å². The molecule has 0 fully saturated rings. The number of hydrogen-bond donors (Lipinski definition) is 2. The molecule has 5 nitrogen and oxygen atoms in total. The van der Waals surface area contributed by atoms with Crippen molar-refractivity contribution in [2.75, 3.05) is 20.3 Å². The van der Waals surface area contributed by atoms with Gasteiger partial charge < -0.3 is 15.2 Å². The summed E-state index contributed by atoms with van der Waals surface area (Å²) in [7, 11) is 1.60. The lowest BCUT2D eigenvalue weighted by molar-refractivity contribution is 0.0594. The normalized spacial score (nSPS) is 13.3. The van der Waals surface area contributed by atoms with Gasteiger partial charge in [0.25, 0.3) is 0 Å². The van der Waals surface area contributed by atoms with Crippen LogP contribution in [0.5, 0.6) is 0 Å². The molecule has 0 bridgehead atoms. The summed E-state index contributed by atoms with van der Waals surface area (Å²) in [6, 6.07) is 0. The third-order valence-electron chi connectivity index (χ3n) is 3.05. The van der Waals surface area contributed by atoms with Crippen LogP contribution in [0.25, 0.3) is 4.96 Å². The SMILES string of the molecule is COCC(O)CCNCc1c(C)nc2sc(C)cn12. The van der Waals surface area contributed by atoms with Crippen LogP contribution in [0.1, 0.15) is 22.7 Å². The van der Waals surface area contributed by atoms with Crippen LogP contribution in [0, 0.1) is 13.8 Å². The first kappa shape index (κ1) is 14.5. The lowest BCUT2D eigenvalue weighted by Crippen LogP contribution is -2.23. The van der Waals surface area contributed by atoms with E-state index in [2.05, 4.69) is 27.8 Å². The minimum Gasteiger partial charge on any atom is -0.391 e. The molecular formula is C13H21N3O2S. The minimum atomic E-state index is -0.396. The standard InChI is InChI=1S/C13H21N3O2S/c1-9-7-16-12(10(2)15-13(16)19-9)6-14-5-4-11(17)8-18-3/h7,11,14,17H,4-6,8H2,1-3H3. The highest BCUT2D eigenvalue weighted by atomic mass is 32.1. The number of thiazole rings is 1. The van der Waals surface area contributed by atoms with Gasteiger partial charge in [-0.15, -0.1) is 11.3 Å². The van der Waals surface area contributed by atoms with E-state index < -0.39 is 6.10 Å². The summed E-state index contributed by atoms with van der Waals surface area (Å²) in [6.07, 6.45) is 2.42. The Morgan fingerprint density at radius 1 is 1.53 bits per heavy atom. The first-order chi connectivity index (χ1) is 9.11. The molecule has 0 aliphatic carbocycles. The van der Waals surface area contributed by atoms with Crippen molar-refractivity contribution in [1.29, 1.82) is 0 Å². The van der Waals surface area contributed by atoms with Gasteiger partial charge in [0.15, 0.2) is 4.96 Å². The Balaban J connectivity index is 1.89. The fourth-order valence-electron chi connectivity index (χ4n) is 2.07. The Hall–Kier alpha value is -0.950. The number of imidazole rings is 1. The van der Waals surface area contributed by atoms with Gasteiger partial charge in [-0.3, -0.25) is 4.40 Å². The van der Waals surface area contributed by atoms with Crippen molar-refractivity contribution >= 4 is 16.3 Å². The monoisotopic (exact) mass is 283 g/mol. The van der Waals surface area contributed by atoms with Gasteiger partial charge in [-0.05, 0) is 26.8 Å². The van der Waals surface area contributed by atoms with E-state index >= 15 is 0 Å². The number of ether oxygens (including phenoxy) is 1. The number of aliphatic hydroxyl groups is 1. The van der Waals surface area contributed by atoms with Gasteiger partial charge in [-0.1, -0.05) is 0 Å². The van der Waals surface area contributed by atoms with E-state index in [0.29, 0.717) is 13.0 Å². The average Bonchev–Trinajstić information content (AvgIpc) is 2.81. The molecule has 0 aliphatic heterocycles. The van der Waals surface area contributed by atoms with E-state index in [-0.39, 0.29) is 0 Å². The molecule has 0 saturated carbocycles. The van der Waals surface area contributed by atoms with E-state index in [1.54, 1.807) is 18.4 Å². The summed E-state index contributed by atoms with van der Waals surface area (Å²) >= 11 is 1.71. The highest BCUT2D eigenvalue weighted by Gasteiger charge is 2.10. The third-order valence-corrected chi connectivity index (χ3v) is 3.94. The number of methoxy groups -OCH3 is 1.